The fraction of sp³-hybridized carbons (Fsp3) is 0.800. The zero-order valence-corrected chi connectivity index (χ0v) is 4.99. The molecule has 0 aliphatic carbocycles. The van der Waals surface area contributed by atoms with Gasteiger partial charge >= 0.3 is 0 Å². The van der Waals surface area contributed by atoms with E-state index < -0.39 is 0 Å². The van der Waals surface area contributed by atoms with Crippen LogP contribution in [0.4, 0.5) is 0 Å². The predicted molar refractivity (Wildman–Crippen MR) is 30.8 cm³/mol. The van der Waals surface area contributed by atoms with Crippen molar-refractivity contribution in [2.75, 3.05) is 0 Å². The van der Waals surface area contributed by atoms with E-state index in [9.17, 15) is 4.79 Å². The van der Waals surface area contributed by atoms with Gasteiger partial charge in [0.15, 0.2) is 0 Å². The Morgan fingerprint density at radius 2 is 1.71 bits per heavy atom. The maximum absolute atomic E-state index is 10.2. The van der Waals surface area contributed by atoms with E-state index in [1.165, 1.54) is 0 Å². The fourth-order valence-electron chi connectivity index (χ4n) is 0. The number of hydrogen-bond donors (Lipinski definition) is 1. The fourth-order valence-corrected chi connectivity index (χ4v) is 0. The normalized spacial score (nSPS) is 11.3. The first-order valence-corrected chi connectivity index (χ1v) is 2.24. The zero-order valence-electron chi connectivity index (χ0n) is 4.99. The van der Waals surface area contributed by atoms with Crippen LogP contribution in [0.5, 0.6) is 0 Å². The van der Waals surface area contributed by atoms with Crippen LogP contribution in [0.1, 0.15) is 22.2 Å². The molecule has 0 atom stereocenters. The molecule has 0 saturated heterocycles. The van der Waals surface area contributed by atoms with Crippen LogP contribution in [0.15, 0.2) is 0 Å². The van der Waals surface area contributed by atoms with Gasteiger partial charge in [0.1, 0.15) is 0 Å². The number of nitrogens with two attached hydrogens (primary N) is 1. The van der Waals surface area contributed by atoms with Gasteiger partial charge in [0, 0.05) is 6.84 Å². The van der Waals surface area contributed by atoms with Crippen molar-refractivity contribution in [2.45, 2.75) is 20.8 Å². The second-order valence-corrected chi connectivity index (χ2v) is 2.61. The molecule has 0 spiro atoms. The molecule has 0 heterocycles. The van der Waals surface area contributed by atoms with Gasteiger partial charge in [0.25, 0.3) is 0 Å². The highest BCUT2D eigenvalue weighted by molar-refractivity contribution is 5.79. The van der Waals surface area contributed by atoms with E-state index >= 15 is 0 Å². The average molecular weight is 103 g/mol. The molecule has 0 aliphatic rings. The Morgan fingerprint density at radius 1 is 1.57 bits per heavy atom. The number of hydrogen-bond acceptors (Lipinski definition) is 1. The lowest BCUT2D eigenvalue weighted by atomic mass is 9.96. The quantitative estimate of drug-likeness (QED) is 0.483. The highest BCUT2D eigenvalue weighted by atomic mass is 16.1. The van der Waals surface area contributed by atoms with Crippen LogP contribution in [-0.2, 0) is 4.79 Å². The molecule has 0 unspecified atom stereocenters. The van der Waals surface area contributed by atoms with Crippen molar-refractivity contribution >= 4 is 5.91 Å². The average Bonchev–Trinajstić information content (AvgIpc) is 1.31. The highest BCUT2D eigenvalue weighted by Crippen LogP contribution is 2.09. The zero-order chi connectivity index (χ0) is 6.08. The molecule has 1 amide bonds. The van der Waals surface area contributed by atoms with Crippen LogP contribution < -0.4 is 5.73 Å². The lowest BCUT2D eigenvalue weighted by Gasteiger charge is -2.10. The molecular formula is C5H13NO. The Hall–Kier alpha value is -0.530. The van der Waals surface area contributed by atoms with Gasteiger partial charge in [-0.3, -0.25) is 4.79 Å². The predicted octanol–water partition coefficient (Wildman–Crippen LogP) is 0.764. The SMILES string of the molecule is CC(C)(C)C(N)=O.[HH]. The summed E-state index contributed by atoms with van der Waals surface area (Å²) in [6.45, 7) is 5.36. The third-order valence-electron chi connectivity index (χ3n) is 0.739. The van der Waals surface area contributed by atoms with Crippen LogP contribution in [0, 0.1) is 5.41 Å². The first kappa shape index (κ1) is 6.47. The summed E-state index contributed by atoms with van der Waals surface area (Å²) < 4.78 is 0. The molecule has 0 rings (SSSR count). The molecule has 0 aromatic carbocycles. The van der Waals surface area contributed by atoms with Crippen molar-refractivity contribution in [3.05, 3.63) is 0 Å². The molecule has 0 aromatic heterocycles. The molecule has 2 nitrogen and oxygen atoms in total. The summed E-state index contributed by atoms with van der Waals surface area (Å²) in [6, 6.07) is 0. The van der Waals surface area contributed by atoms with Crippen molar-refractivity contribution in [3.63, 3.8) is 0 Å². The molecule has 44 valence electrons. The maximum atomic E-state index is 10.2. The topological polar surface area (TPSA) is 43.1 Å². The van der Waals surface area contributed by atoms with Gasteiger partial charge in [-0.2, -0.15) is 0 Å². The minimum absolute atomic E-state index is 0. The van der Waals surface area contributed by atoms with E-state index in [1.807, 2.05) is 0 Å². The molecule has 0 saturated carbocycles. The Labute approximate surface area is 45.2 Å². The molecule has 2 N–H and O–H groups in total. The monoisotopic (exact) mass is 103 g/mol. The van der Waals surface area contributed by atoms with Crippen molar-refractivity contribution < 1.29 is 6.22 Å². The van der Waals surface area contributed by atoms with Crippen molar-refractivity contribution in [2.24, 2.45) is 11.1 Å². The molecular weight excluding hydrogens is 90.1 g/mol. The molecule has 0 bridgehead atoms. The summed E-state index contributed by atoms with van der Waals surface area (Å²) >= 11 is 0. The first-order valence-electron chi connectivity index (χ1n) is 2.24. The number of amides is 1. The first-order chi connectivity index (χ1) is 2.94. The molecule has 0 fully saturated rings. The van der Waals surface area contributed by atoms with Gasteiger partial charge in [-0.25, -0.2) is 0 Å². The largest absolute Gasteiger partial charge is 0.369 e. The van der Waals surface area contributed by atoms with E-state index in [0.717, 1.165) is 0 Å². The molecule has 2 heteroatoms. The lowest BCUT2D eigenvalue weighted by Crippen LogP contribution is -2.27. The smallest absolute Gasteiger partial charge is 0.222 e. The van der Waals surface area contributed by atoms with E-state index in [-0.39, 0.29) is 12.7 Å². The summed E-state index contributed by atoms with van der Waals surface area (Å²) in [5.41, 5.74) is 4.57. The third kappa shape index (κ3) is 2.20. The second kappa shape index (κ2) is 1.52. The van der Waals surface area contributed by atoms with Gasteiger partial charge in [0.2, 0.25) is 5.91 Å². The van der Waals surface area contributed by atoms with Gasteiger partial charge in [-0.1, -0.05) is 20.8 Å². The van der Waals surface area contributed by atoms with Crippen molar-refractivity contribution in [3.8, 4) is 0 Å². The van der Waals surface area contributed by atoms with Crippen LogP contribution in [-0.4, -0.2) is 5.91 Å². The summed E-state index contributed by atoms with van der Waals surface area (Å²) in [7, 11) is 0. The minimum Gasteiger partial charge on any atom is -0.369 e. The van der Waals surface area contributed by atoms with Crippen molar-refractivity contribution in [1.29, 1.82) is 0 Å². The van der Waals surface area contributed by atoms with E-state index in [2.05, 4.69) is 0 Å². The molecule has 7 heavy (non-hydrogen) atoms. The molecule has 0 aromatic rings. The standard InChI is InChI=1S/C5H11NO.H2/c1-5(2,3)4(6)7;/h1-3H3,(H2,6,7);1H. The van der Waals surface area contributed by atoms with Crippen LogP contribution in [0.2, 0.25) is 0 Å². The maximum Gasteiger partial charge on any atom is 0.222 e. The Bertz CT molecular complexity index is 84.9. The van der Waals surface area contributed by atoms with Gasteiger partial charge in [-0.05, 0) is 0 Å². The van der Waals surface area contributed by atoms with Crippen molar-refractivity contribution in [1.82, 2.24) is 0 Å². The number of carbonyl (C=O) groups is 1. The Kier molecular flexibility index (Phi) is 1.41. The summed E-state index contributed by atoms with van der Waals surface area (Å²) in [4.78, 5) is 10.2. The number of carbonyl (C=O) groups excluding carboxylic acids is 1. The second-order valence-electron chi connectivity index (χ2n) is 2.61. The van der Waals surface area contributed by atoms with E-state index in [0.29, 0.717) is 0 Å². The lowest BCUT2D eigenvalue weighted by molar-refractivity contribution is -0.125. The Balaban J connectivity index is 0. The third-order valence-corrected chi connectivity index (χ3v) is 0.739. The van der Waals surface area contributed by atoms with E-state index in [1.54, 1.807) is 20.8 Å². The number of rotatable bonds is 0. The van der Waals surface area contributed by atoms with E-state index in [4.69, 9.17) is 5.73 Å². The summed E-state index contributed by atoms with van der Waals surface area (Å²) in [5, 5.41) is 0. The van der Waals surface area contributed by atoms with Gasteiger partial charge in [-0.15, -0.1) is 0 Å². The molecule has 0 radical (unpaired) electrons. The van der Waals surface area contributed by atoms with Gasteiger partial charge < -0.3 is 5.73 Å². The number of primary amides is 1. The highest BCUT2D eigenvalue weighted by Gasteiger charge is 2.16. The van der Waals surface area contributed by atoms with Crippen LogP contribution in [0.25, 0.3) is 0 Å². The summed E-state index contributed by atoms with van der Waals surface area (Å²) in [5.74, 6) is -0.257. The Morgan fingerprint density at radius 3 is 1.71 bits per heavy atom. The minimum atomic E-state index is -0.361. The van der Waals surface area contributed by atoms with Crippen LogP contribution in [0.3, 0.4) is 0 Å². The molecule has 0 aliphatic heterocycles. The van der Waals surface area contributed by atoms with Gasteiger partial charge in [0.05, 0.1) is 0 Å². The summed E-state index contributed by atoms with van der Waals surface area (Å²) in [6.07, 6.45) is 0. The van der Waals surface area contributed by atoms with Crippen LogP contribution >= 0.6 is 0 Å².